The Bertz CT molecular complexity index is 158. The normalized spacial score (nSPS) is 35.4. The molecule has 13 heavy (non-hydrogen) atoms. The van der Waals surface area contributed by atoms with E-state index >= 15 is 0 Å². The van der Waals surface area contributed by atoms with E-state index in [-0.39, 0.29) is 5.92 Å². The van der Waals surface area contributed by atoms with Gasteiger partial charge in [-0.25, -0.2) is 0 Å². The van der Waals surface area contributed by atoms with Crippen LogP contribution in [0.15, 0.2) is 0 Å². The van der Waals surface area contributed by atoms with Gasteiger partial charge in [-0.05, 0) is 25.2 Å². The minimum Gasteiger partial charge on any atom is -0.390 e. The van der Waals surface area contributed by atoms with Gasteiger partial charge < -0.3 is 15.0 Å². The number of hydrogen-bond donors (Lipinski definition) is 2. The SMILES string of the molecule is O=CCCC1CCCCC(O)C1O. The summed E-state index contributed by atoms with van der Waals surface area (Å²) in [5.41, 5.74) is 0. The number of carbonyl (C=O) groups is 1. The summed E-state index contributed by atoms with van der Waals surface area (Å²) in [4.78, 5) is 10.2. The maximum Gasteiger partial charge on any atom is 0.120 e. The second kappa shape index (κ2) is 5.35. The lowest BCUT2D eigenvalue weighted by molar-refractivity contribution is -0.108. The Hall–Kier alpha value is -0.410. The molecule has 0 aliphatic heterocycles. The van der Waals surface area contributed by atoms with Crippen LogP contribution >= 0.6 is 0 Å². The number of aliphatic hydroxyl groups excluding tert-OH is 2. The Balaban J connectivity index is 2.43. The lowest BCUT2D eigenvalue weighted by Gasteiger charge is -2.22. The van der Waals surface area contributed by atoms with Gasteiger partial charge in [0, 0.05) is 6.42 Å². The summed E-state index contributed by atoms with van der Waals surface area (Å²) in [6, 6.07) is 0. The molecule has 3 heteroatoms. The Morgan fingerprint density at radius 2 is 1.92 bits per heavy atom. The number of hydrogen-bond acceptors (Lipinski definition) is 3. The van der Waals surface area contributed by atoms with Crippen molar-refractivity contribution in [1.82, 2.24) is 0 Å². The molecule has 0 aromatic heterocycles. The summed E-state index contributed by atoms with van der Waals surface area (Å²) in [6.07, 6.45) is 4.54. The monoisotopic (exact) mass is 186 g/mol. The maximum atomic E-state index is 10.2. The zero-order chi connectivity index (χ0) is 9.68. The molecule has 0 heterocycles. The van der Waals surface area contributed by atoms with E-state index in [0.717, 1.165) is 25.5 Å². The van der Waals surface area contributed by atoms with Crippen LogP contribution in [-0.4, -0.2) is 28.7 Å². The molecule has 0 amide bonds. The van der Waals surface area contributed by atoms with Crippen LogP contribution in [0.1, 0.15) is 38.5 Å². The third-order valence-corrected chi connectivity index (χ3v) is 2.86. The van der Waals surface area contributed by atoms with E-state index in [0.29, 0.717) is 19.3 Å². The highest BCUT2D eigenvalue weighted by atomic mass is 16.3. The van der Waals surface area contributed by atoms with Crippen LogP contribution in [0, 0.1) is 5.92 Å². The van der Waals surface area contributed by atoms with E-state index in [9.17, 15) is 15.0 Å². The summed E-state index contributed by atoms with van der Waals surface area (Å²) in [7, 11) is 0. The molecule has 1 rings (SSSR count). The quantitative estimate of drug-likeness (QED) is 0.508. The van der Waals surface area contributed by atoms with Crippen molar-refractivity contribution in [1.29, 1.82) is 0 Å². The van der Waals surface area contributed by atoms with E-state index in [4.69, 9.17) is 0 Å². The minimum atomic E-state index is -0.623. The third kappa shape index (κ3) is 3.08. The highest BCUT2D eigenvalue weighted by Crippen LogP contribution is 2.26. The van der Waals surface area contributed by atoms with Gasteiger partial charge in [0.2, 0.25) is 0 Å². The van der Waals surface area contributed by atoms with Gasteiger partial charge in [0.05, 0.1) is 12.2 Å². The average Bonchev–Trinajstić information content (AvgIpc) is 2.28. The van der Waals surface area contributed by atoms with E-state index in [1.807, 2.05) is 0 Å². The molecule has 3 unspecified atom stereocenters. The molecule has 1 saturated carbocycles. The zero-order valence-electron chi connectivity index (χ0n) is 7.85. The van der Waals surface area contributed by atoms with Crippen molar-refractivity contribution in [3.63, 3.8) is 0 Å². The topological polar surface area (TPSA) is 57.5 Å². The molecule has 76 valence electrons. The molecule has 0 saturated heterocycles. The first-order valence-corrected chi connectivity index (χ1v) is 5.05. The second-order valence-corrected chi connectivity index (χ2v) is 3.85. The predicted octanol–water partition coefficient (Wildman–Crippen LogP) is 0.877. The smallest absolute Gasteiger partial charge is 0.120 e. The molecular formula is C10H18O3. The average molecular weight is 186 g/mol. The van der Waals surface area contributed by atoms with Gasteiger partial charge in [0.25, 0.3) is 0 Å². The number of aliphatic hydroxyl groups is 2. The van der Waals surface area contributed by atoms with Gasteiger partial charge in [0.15, 0.2) is 0 Å². The lowest BCUT2D eigenvalue weighted by Crippen LogP contribution is -2.31. The van der Waals surface area contributed by atoms with Crippen molar-refractivity contribution < 1.29 is 15.0 Å². The predicted molar refractivity (Wildman–Crippen MR) is 49.3 cm³/mol. The van der Waals surface area contributed by atoms with Crippen LogP contribution in [0.3, 0.4) is 0 Å². The molecule has 3 nitrogen and oxygen atoms in total. The molecule has 1 fully saturated rings. The van der Waals surface area contributed by atoms with Gasteiger partial charge in [-0.2, -0.15) is 0 Å². The van der Waals surface area contributed by atoms with Crippen molar-refractivity contribution in [3.05, 3.63) is 0 Å². The summed E-state index contributed by atoms with van der Waals surface area (Å²) in [5, 5.41) is 19.2. The van der Waals surface area contributed by atoms with Crippen LogP contribution in [0.2, 0.25) is 0 Å². The number of rotatable bonds is 3. The lowest BCUT2D eigenvalue weighted by atomic mass is 9.91. The largest absolute Gasteiger partial charge is 0.390 e. The standard InChI is InChI=1S/C10H18O3/c11-7-3-5-8-4-1-2-6-9(12)10(8)13/h7-10,12-13H,1-6H2. The first-order valence-electron chi connectivity index (χ1n) is 5.05. The first-order chi connectivity index (χ1) is 6.25. The van der Waals surface area contributed by atoms with E-state index in [2.05, 4.69) is 0 Å². The fourth-order valence-electron chi connectivity index (χ4n) is 2.01. The summed E-state index contributed by atoms with van der Waals surface area (Å²) >= 11 is 0. The molecule has 0 aromatic rings. The Labute approximate surface area is 78.8 Å². The van der Waals surface area contributed by atoms with Crippen molar-refractivity contribution in [3.8, 4) is 0 Å². The fraction of sp³-hybridized carbons (Fsp3) is 0.900. The van der Waals surface area contributed by atoms with Crippen LogP contribution in [-0.2, 0) is 4.79 Å². The van der Waals surface area contributed by atoms with E-state index in [1.54, 1.807) is 0 Å². The third-order valence-electron chi connectivity index (χ3n) is 2.86. The molecule has 2 N–H and O–H groups in total. The van der Waals surface area contributed by atoms with Crippen molar-refractivity contribution in [2.45, 2.75) is 50.7 Å². The Kier molecular flexibility index (Phi) is 4.39. The maximum absolute atomic E-state index is 10.2. The van der Waals surface area contributed by atoms with Gasteiger partial charge in [-0.15, -0.1) is 0 Å². The molecule has 3 atom stereocenters. The van der Waals surface area contributed by atoms with Crippen LogP contribution in [0.5, 0.6) is 0 Å². The molecule has 1 aliphatic rings. The minimum absolute atomic E-state index is 0.114. The van der Waals surface area contributed by atoms with Crippen molar-refractivity contribution in [2.24, 2.45) is 5.92 Å². The van der Waals surface area contributed by atoms with Gasteiger partial charge in [0.1, 0.15) is 6.29 Å². The van der Waals surface area contributed by atoms with Crippen molar-refractivity contribution >= 4 is 6.29 Å². The van der Waals surface area contributed by atoms with Crippen LogP contribution in [0.4, 0.5) is 0 Å². The molecule has 0 bridgehead atoms. The molecule has 0 radical (unpaired) electrons. The van der Waals surface area contributed by atoms with E-state index < -0.39 is 12.2 Å². The van der Waals surface area contributed by atoms with Gasteiger partial charge in [-0.1, -0.05) is 12.8 Å². The van der Waals surface area contributed by atoms with Crippen LogP contribution < -0.4 is 0 Å². The van der Waals surface area contributed by atoms with Crippen molar-refractivity contribution in [2.75, 3.05) is 0 Å². The van der Waals surface area contributed by atoms with E-state index in [1.165, 1.54) is 0 Å². The summed E-state index contributed by atoms with van der Waals surface area (Å²) in [6.45, 7) is 0. The fourth-order valence-corrected chi connectivity index (χ4v) is 2.01. The van der Waals surface area contributed by atoms with Crippen LogP contribution in [0.25, 0.3) is 0 Å². The second-order valence-electron chi connectivity index (χ2n) is 3.85. The molecule has 0 aromatic carbocycles. The first kappa shape index (κ1) is 10.7. The zero-order valence-corrected chi connectivity index (χ0v) is 7.85. The van der Waals surface area contributed by atoms with Gasteiger partial charge >= 0.3 is 0 Å². The Morgan fingerprint density at radius 3 is 2.62 bits per heavy atom. The van der Waals surface area contributed by atoms with Gasteiger partial charge in [-0.3, -0.25) is 0 Å². The number of aldehydes is 1. The molecule has 1 aliphatic carbocycles. The number of carbonyl (C=O) groups excluding carboxylic acids is 1. The highest BCUT2D eigenvalue weighted by Gasteiger charge is 2.27. The Morgan fingerprint density at radius 1 is 1.23 bits per heavy atom. The molecule has 0 spiro atoms. The summed E-state index contributed by atoms with van der Waals surface area (Å²) in [5.74, 6) is 0.114. The molecular weight excluding hydrogens is 168 g/mol. The highest BCUT2D eigenvalue weighted by molar-refractivity contribution is 5.49. The summed E-state index contributed by atoms with van der Waals surface area (Å²) < 4.78 is 0.